The van der Waals surface area contributed by atoms with Gasteiger partial charge in [-0.05, 0) is 30.7 Å². The minimum Gasteiger partial charge on any atom is -0.453 e. The maximum atomic E-state index is 11.8. The topological polar surface area (TPSA) is 131 Å². The molecule has 1 aromatic heterocycles. The van der Waals surface area contributed by atoms with E-state index in [9.17, 15) is 14.4 Å². The number of esters is 1. The quantitative estimate of drug-likeness (QED) is 0.404. The van der Waals surface area contributed by atoms with E-state index in [4.69, 9.17) is 4.74 Å². The number of pyridine rings is 1. The Bertz CT molecular complexity index is 929. The second-order valence-electron chi connectivity index (χ2n) is 5.75. The van der Waals surface area contributed by atoms with Crippen LogP contribution < -0.4 is 15.4 Å². The Kier molecular flexibility index (Phi) is 7.78. The van der Waals surface area contributed by atoms with Gasteiger partial charge in [-0.3, -0.25) is 14.9 Å². The number of carbonyl (C=O) groups excluding carboxylic acids is 3. The number of para-hydroxylation sites is 1. The van der Waals surface area contributed by atoms with Crippen LogP contribution in [0.1, 0.15) is 26.7 Å². The number of methoxy groups -OCH3 is 1. The number of azo groups is 1. The van der Waals surface area contributed by atoms with Crippen LogP contribution in [0.2, 0.25) is 0 Å². The number of ether oxygens (including phenoxy) is 2. The van der Waals surface area contributed by atoms with Gasteiger partial charge in [-0.2, -0.15) is 0 Å². The molecule has 0 aliphatic rings. The molecule has 0 saturated carbocycles. The molecule has 0 atom stereocenters. The number of hydrogen-bond donors (Lipinski definition) is 2. The van der Waals surface area contributed by atoms with Crippen molar-refractivity contribution in [3.05, 3.63) is 36.4 Å². The lowest BCUT2D eigenvalue weighted by molar-refractivity contribution is -0.134. The van der Waals surface area contributed by atoms with Crippen molar-refractivity contribution in [2.75, 3.05) is 17.7 Å². The number of carbonyl (C=O) groups is 3. The van der Waals surface area contributed by atoms with Crippen molar-refractivity contribution in [2.24, 2.45) is 10.2 Å². The van der Waals surface area contributed by atoms with Crippen molar-refractivity contribution in [3.63, 3.8) is 0 Å². The number of amides is 2. The third-order valence-electron chi connectivity index (χ3n) is 3.39. The molecule has 2 amide bonds. The average Bonchev–Trinajstić information content (AvgIpc) is 2.68. The SMILES string of the molecule is CCCC(=O)Oc1ccccc1N=Nc1ccc(NC(=O)OC)nc1NC(C)=O. The van der Waals surface area contributed by atoms with Crippen LogP contribution in [-0.4, -0.2) is 30.1 Å². The first-order chi connectivity index (χ1) is 13.9. The van der Waals surface area contributed by atoms with Crippen LogP contribution in [0.4, 0.5) is 27.8 Å². The number of nitrogens with one attached hydrogen (secondary N) is 2. The van der Waals surface area contributed by atoms with E-state index < -0.39 is 6.09 Å². The van der Waals surface area contributed by atoms with Gasteiger partial charge < -0.3 is 14.8 Å². The van der Waals surface area contributed by atoms with Crippen molar-refractivity contribution in [1.82, 2.24) is 4.98 Å². The molecule has 29 heavy (non-hydrogen) atoms. The Morgan fingerprint density at radius 3 is 2.45 bits per heavy atom. The monoisotopic (exact) mass is 399 g/mol. The van der Waals surface area contributed by atoms with E-state index in [1.807, 2.05) is 6.92 Å². The highest BCUT2D eigenvalue weighted by Gasteiger charge is 2.11. The third kappa shape index (κ3) is 6.69. The summed E-state index contributed by atoms with van der Waals surface area (Å²) in [6, 6.07) is 9.67. The maximum Gasteiger partial charge on any atom is 0.412 e. The van der Waals surface area contributed by atoms with Crippen LogP contribution in [0, 0.1) is 0 Å². The van der Waals surface area contributed by atoms with Crippen LogP contribution in [-0.2, 0) is 14.3 Å². The van der Waals surface area contributed by atoms with Gasteiger partial charge in [0.05, 0.1) is 7.11 Å². The molecule has 2 rings (SSSR count). The van der Waals surface area contributed by atoms with Gasteiger partial charge in [0.15, 0.2) is 11.6 Å². The lowest BCUT2D eigenvalue weighted by atomic mass is 10.3. The number of rotatable bonds is 7. The van der Waals surface area contributed by atoms with Gasteiger partial charge >= 0.3 is 12.1 Å². The molecule has 0 unspecified atom stereocenters. The summed E-state index contributed by atoms with van der Waals surface area (Å²) in [5.74, 6) is -0.219. The Morgan fingerprint density at radius 2 is 1.76 bits per heavy atom. The second kappa shape index (κ2) is 10.5. The Morgan fingerprint density at radius 1 is 1.03 bits per heavy atom. The van der Waals surface area contributed by atoms with Gasteiger partial charge in [-0.1, -0.05) is 19.1 Å². The first-order valence-electron chi connectivity index (χ1n) is 8.78. The van der Waals surface area contributed by atoms with E-state index in [2.05, 4.69) is 30.6 Å². The molecule has 10 heteroatoms. The molecule has 152 valence electrons. The summed E-state index contributed by atoms with van der Waals surface area (Å²) in [5.41, 5.74) is 0.577. The van der Waals surface area contributed by atoms with Crippen LogP contribution in [0.3, 0.4) is 0 Å². The fourth-order valence-electron chi connectivity index (χ4n) is 2.13. The van der Waals surface area contributed by atoms with Gasteiger partial charge in [0.2, 0.25) is 5.91 Å². The smallest absolute Gasteiger partial charge is 0.412 e. The highest BCUT2D eigenvalue weighted by atomic mass is 16.5. The number of aromatic nitrogens is 1. The van der Waals surface area contributed by atoms with Crippen molar-refractivity contribution in [1.29, 1.82) is 0 Å². The Hall–Kier alpha value is -3.82. The summed E-state index contributed by atoms with van der Waals surface area (Å²) in [5, 5.41) is 13.1. The highest BCUT2D eigenvalue weighted by molar-refractivity contribution is 5.91. The van der Waals surface area contributed by atoms with E-state index in [1.165, 1.54) is 26.2 Å². The van der Waals surface area contributed by atoms with Crippen molar-refractivity contribution in [3.8, 4) is 5.75 Å². The molecule has 0 fully saturated rings. The fraction of sp³-hybridized carbons (Fsp3) is 0.263. The molecular weight excluding hydrogens is 378 g/mol. The molecule has 2 N–H and O–H groups in total. The minimum absolute atomic E-state index is 0.0932. The van der Waals surface area contributed by atoms with E-state index in [1.54, 1.807) is 24.3 Å². The van der Waals surface area contributed by atoms with Crippen molar-refractivity contribution in [2.45, 2.75) is 26.7 Å². The summed E-state index contributed by atoms with van der Waals surface area (Å²) in [6.45, 7) is 3.19. The number of anilines is 2. The lowest BCUT2D eigenvalue weighted by Crippen LogP contribution is -2.14. The predicted molar refractivity (Wildman–Crippen MR) is 106 cm³/mol. The zero-order chi connectivity index (χ0) is 21.2. The standard InChI is InChI=1S/C19H21N5O5/c1-4-7-17(26)29-15-9-6-5-8-13(15)23-24-14-10-11-16(22-19(27)28-3)21-18(14)20-12(2)25/h5-6,8-11H,4,7H2,1-3H3,(H2,20,21,22,25,27). The van der Waals surface area contributed by atoms with Gasteiger partial charge in [-0.25, -0.2) is 9.78 Å². The highest BCUT2D eigenvalue weighted by Crippen LogP contribution is 2.31. The Balaban J connectivity index is 2.30. The molecule has 0 aliphatic carbocycles. The normalized spacial score (nSPS) is 10.4. The number of benzene rings is 1. The minimum atomic E-state index is -0.705. The molecule has 1 heterocycles. The van der Waals surface area contributed by atoms with Crippen LogP contribution >= 0.6 is 0 Å². The summed E-state index contributed by atoms with van der Waals surface area (Å²) >= 11 is 0. The van der Waals surface area contributed by atoms with E-state index in [-0.39, 0.29) is 41.4 Å². The maximum absolute atomic E-state index is 11.8. The second-order valence-corrected chi connectivity index (χ2v) is 5.75. The molecule has 1 aromatic carbocycles. The molecule has 0 aliphatic heterocycles. The lowest BCUT2D eigenvalue weighted by Gasteiger charge is -2.09. The molecule has 2 aromatic rings. The largest absolute Gasteiger partial charge is 0.453 e. The molecule has 0 radical (unpaired) electrons. The van der Waals surface area contributed by atoms with E-state index in [0.29, 0.717) is 12.1 Å². The summed E-state index contributed by atoms with van der Waals surface area (Å²) in [6.07, 6.45) is 0.250. The molecule has 0 bridgehead atoms. The van der Waals surface area contributed by atoms with Crippen LogP contribution in [0.15, 0.2) is 46.6 Å². The summed E-state index contributed by atoms with van der Waals surface area (Å²) in [4.78, 5) is 38.7. The molecular formula is C19H21N5O5. The van der Waals surface area contributed by atoms with Gasteiger partial charge in [0.25, 0.3) is 0 Å². The van der Waals surface area contributed by atoms with Gasteiger partial charge in [-0.15, -0.1) is 10.2 Å². The van der Waals surface area contributed by atoms with Gasteiger partial charge in [0, 0.05) is 13.3 Å². The van der Waals surface area contributed by atoms with E-state index in [0.717, 1.165) is 0 Å². The van der Waals surface area contributed by atoms with Crippen LogP contribution in [0.25, 0.3) is 0 Å². The fourth-order valence-corrected chi connectivity index (χ4v) is 2.13. The molecule has 10 nitrogen and oxygen atoms in total. The van der Waals surface area contributed by atoms with Crippen molar-refractivity contribution < 1.29 is 23.9 Å². The van der Waals surface area contributed by atoms with Crippen LogP contribution in [0.5, 0.6) is 5.75 Å². The number of nitrogens with zero attached hydrogens (tertiary/aromatic N) is 3. The summed E-state index contributed by atoms with van der Waals surface area (Å²) in [7, 11) is 1.22. The van der Waals surface area contributed by atoms with Gasteiger partial charge in [0.1, 0.15) is 17.2 Å². The third-order valence-corrected chi connectivity index (χ3v) is 3.39. The first kappa shape index (κ1) is 21.5. The number of hydrogen-bond acceptors (Lipinski definition) is 8. The zero-order valence-corrected chi connectivity index (χ0v) is 16.3. The molecule has 0 saturated heterocycles. The predicted octanol–water partition coefficient (Wildman–Crippen LogP) is 4.34. The molecule has 0 spiro atoms. The first-order valence-corrected chi connectivity index (χ1v) is 8.78. The summed E-state index contributed by atoms with van der Waals surface area (Å²) < 4.78 is 9.82. The average molecular weight is 399 g/mol. The van der Waals surface area contributed by atoms with Crippen molar-refractivity contribution >= 4 is 41.0 Å². The zero-order valence-electron chi connectivity index (χ0n) is 16.3. The Labute approximate surface area is 167 Å². The van der Waals surface area contributed by atoms with E-state index >= 15 is 0 Å².